The van der Waals surface area contributed by atoms with E-state index in [-0.39, 0.29) is 6.04 Å². The van der Waals surface area contributed by atoms with Crippen LogP contribution in [0.25, 0.3) is 11.1 Å². The van der Waals surface area contributed by atoms with Crippen LogP contribution >= 0.6 is 23.2 Å². The van der Waals surface area contributed by atoms with Gasteiger partial charge in [-0.15, -0.1) is 0 Å². The minimum Gasteiger partial charge on any atom is -0.495 e. The molecule has 2 aromatic carbocycles. The largest absolute Gasteiger partial charge is 0.495 e. The van der Waals surface area contributed by atoms with Crippen LogP contribution in [0.15, 0.2) is 36.4 Å². The Morgan fingerprint density at radius 2 is 1.60 bits per heavy atom. The monoisotopic (exact) mass is 309 g/mol. The topological polar surface area (TPSA) is 21.3 Å². The molecule has 0 heterocycles. The van der Waals surface area contributed by atoms with E-state index in [0.717, 1.165) is 21.7 Å². The van der Waals surface area contributed by atoms with E-state index >= 15 is 0 Å². The highest BCUT2D eigenvalue weighted by Crippen LogP contribution is 2.33. The van der Waals surface area contributed by atoms with Crippen molar-refractivity contribution in [1.82, 2.24) is 5.32 Å². The summed E-state index contributed by atoms with van der Waals surface area (Å²) in [6, 6.07) is 12.0. The average Bonchev–Trinajstić information content (AvgIpc) is 2.46. The number of ether oxygens (including phenoxy) is 1. The van der Waals surface area contributed by atoms with Crippen molar-refractivity contribution in [2.75, 3.05) is 14.2 Å². The second kappa shape index (κ2) is 6.49. The van der Waals surface area contributed by atoms with Crippen LogP contribution in [0.4, 0.5) is 0 Å². The van der Waals surface area contributed by atoms with Crippen LogP contribution in [0.5, 0.6) is 5.75 Å². The third-order valence-electron chi connectivity index (χ3n) is 3.39. The van der Waals surface area contributed by atoms with Crippen LogP contribution in [-0.2, 0) is 0 Å². The van der Waals surface area contributed by atoms with E-state index in [1.807, 2.05) is 43.4 Å². The van der Waals surface area contributed by atoms with Crippen molar-refractivity contribution in [3.63, 3.8) is 0 Å². The van der Waals surface area contributed by atoms with Gasteiger partial charge in [0.25, 0.3) is 0 Å². The molecule has 0 aromatic heterocycles. The molecule has 0 saturated carbocycles. The van der Waals surface area contributed by atoms with E-state index in [2.05, 4.69) is 12.2 Å². The molecule has 1 unspecified atom stereocenters. The normalized spacial score (nSPS) is 12.2. The van der Waals surface area contributed by atoms with Crippen molar-refractivity contribution in [1.29, 1.82) is 0 Å². The lowest BCUT2D eigenvalue weighted by Gasteiger charge is -2.14. The molecule has 1 atom stereocenters. The lowest BCUT2D eigenvalue weighted by molar-refractivity contribution is 0.415. The maximum Gasteiger partial charge on any atom is 0.137 e. The molecule has 0 fully saturated rings. The maximum absolute atomic E-state index is 6.35. The molecule has 2 rings (SSSR count). The lowest BCUT2D eigenvalue weighted by Crippen LogP contribution is -2.12. The van der Waals surface area contributed by atoms with Crippen molar-refractivity contribution in [2.45, 2.75) is 13.0 Å². The molecular weight excluding hydrogens is 293 g/mol. The first-order chi connectivity index (χ1) is 9.56. The number of rotatable bonds is 4. The van der Waals surface area contributed by atoms with E-state index in [1.165, 1.54) is 0 Å². The van der Waals surface area contributed by atoms with Gasteiger partial charge in [-0.25, -0.2) is 0 Å². The molecule has 2 aromatic rings. The van der Waals surface area contributed by atoms with E-state index in [4.69, 9.17) is 27.9 Å². The van der Waals surface area contributed by atoms with Gasteiger partial charge in [0.15, 0.2) is 0 Å². The summed E-state index contributed by atoms with van der Waals surface area (Å²) in [6.45, 7) is 2.07. The van der Waals surface area contributed by atoms with Gasteiger partial charge in [0.2, 0.25) is 0 Å². The van der Waals surface area contributed by atoms with Gasteiger partial charge in [-0.05, 0) is 48.9 Å². The van der Waals surface area contributed by atoms with Gasteiger partial charge in [-0.2, -0.15) is 0 Å². The van der Waals surface area contributed by atoms with Crippen LogP contribution in [0.1, 0.15) is 18.5 Å². The first kappa shape index (κ1) is 15.2. The van der Waals surface area contributed by atoms with Crippen molar-refractivity contribution in [3.8, 4) is 16.9 Å². The molecule has 0 spiro atoms. The van der Waals surface area contributed by atoms with Gasteiger partial charge in [0, 0.05) is 11.1 Å². The van der Waals surface area contributed by atoms with Crippen LogP contribution in [0.2, 0.25) is 10.0 Å². The number of hydrogen-bond acceptors (Lipinski definition) is 2. The van der Waals surface area contributed by atoms with Gasteiger partial charge in [0.1, 0.15) is 5.75 Å². The zero-order valence-electron chi connectivity index (χ0n) is 11.7. The smallest absolute Gasteiger partial charge is 0.137 e. The highest BCUT2D eigenvalue weighted by atomic mass is 35.5. The van der Waals surface area contributed by atoms with Gasteiger partial charge in [-0.3, -0.25) is 0 Å². The maximum atomic E-state index is 6.35. The molecule has 20 heavy (non-hydrogen) atoms. The number of methoxy groups -OCH3 is 1. The summed E-state index contributed by atoms with van der Waals surface area (Å²) in [5.74, 6) is 0.668. The quantitative estimate of drug-likeness (QED) is 0.863. The third kappa shape index (κ3) is 3.09. The molecule has 2 nitrogen and oxygen atoms in total. The SMILES string of the molecule is CNC(C)c1ccc(-c2ccc(OC)c(Cl)c2)cc1Cl. The summed E-state index contributed by atoms with van der Waals surface area (Å²) in [6.07, 6.45) is 0. The van der Waals surface area contributed by atoms with Crippen molar-refractivity contribution in [2.24, 2.45) is 0 Å². The summed E-state index contributed by atoms with van der Waals surface area (Å²) in [7, 11) is 3.52. The third-order valence-corrected chi connectivity index (χ3v) is 4.01. The molecule has 0 radical (unpaired) electrons. The van der Waals surface area contributed by atoms with E-state index < -0.39 is 0 Å². The van der Waals surface area contributed by atoms with Crippen LogP contribution < -0.4 is 10.1 Å². The first-order valence-electron chi connectivity index (χ1n) is 6.37. The number of hydrogen-bond donors (Lipinski definition) is 1. The van der Waals surface area contributed by atoms with Crippen LogP contribution in [0.3, 0.4) is 0 Å². The summed E-state index contributed by atoms with van der Waals surface area (Å²) in [4.78, 5) is 0. The fourth-order valence-corrected chi connectivity index (χ4v) is 2.66. The Bertz CT molecular complexity index is 613. The zero-order chi connectivity index (χ0) is 14.7. The molecule has 0 bridgehead atoms. The fourth-order valence-electron chi connectivity index (χ4n) is 2.06. The highest BCUT2D eigenvalue weighted by molar-refractivity contribution is 6.32. The summed E-state index contributed by atoms with van der Waals surface area (Å²) >= 11 is 12.5. The molecule has 0 saturated heterocycles. The van der Waals surface area contributed by atoms with Gasteiger partial charge in [-0.1, -0.05) is 41.4 Å². The predicted molar refractivity (Wildman–Crippen MR) is 85.9 cm³/mol. The summed E-state index contributed by atoms with van der Waals surface area (Å²) in [5.41, 5.74) is 3.13. The molecule has 0 aliphatic heterocycles. The van der Waals surface area contributed by atoms with Crippen molar-refractivity contribution >= 4 is 23.2 Å². The van der Waals surface area contributed by atoms with E-state index in [0.29, 0.717) is 10.8 Å². The Morgan fingerprint density at radius 1 is 1.00 bits per heavy atom. The van der Waals surface area contributed by atoms with Gasteiger partial charge >= 0.3 is 0 Å². The molecule has 1 N–H and O–H groups in total. The molecule has 0 amide bonds. The Balaban J connectivity index is 2.39. The molecule has 0 aliphatic rings. The van der Waals surface area contributed by atoms with Gasteiger partial charge in [0.05, 0.1) is 12.1 Å². The number of nitrogens with one attached hydrogen (secondary N) is 1. The summed E-state index contributed by atoms with van der Waals surface area (Å²) in [5, 5.41) is 4.52. The Kier molecular flexibility index (Phi) is 4.92. The fraction of sp³-hybridized carbons (Fsp3) is 0.250. The van der Waals surface area contributed by atoms with E-state index in [1.54, 1.807) is 7.11 Å². The van der Waals surface area contributed by atoms with Gasteiger partial charge < -0.3 is 10.1 Å². The zero-order valence-corrected chi connectivity index (χ0v) is 13.2. The molecule has 0 aliphatic carbocycles. The van der Waals surface area contributed by atoms with Crippen molar-refractivity contribution in [3.05, 3.63) is 52.0 Å². The second-order valence-corrected chi connectivity index (χ2v) is 5.41. The molecular formula is C16H17Cl2NO. The lowest BCUT2D eigenvalue weighted by atomic mass is 10.0. The Hall–Kier alpha value is -1.22. The average molecular weight is 310 g/mol. The minimum atomic E-state index is 0.219. The first-order valence-corrected chi connectivity index (χ1v) is 7.13. The second-order valence-electron chi connectivity index (χ2n) is 4.60. The minimum absolute atomic E-state index is 0.219. The van der Waals surface area contributed by atoms with Crippen LogP contribution in [-0.4, -0.2) is 14.2 Å². The Labute approximate surface area is 129 Å². The predicted octanol–water partition coefficient (Wildman–Crippen LogP) is 4.95. The Morgan fingerprint density at radius 3 is 2.10 bits per heavy atom. The number of halogens is 2. The standard InChI is InChI=1S/C16H17Cl2NO/c1-10(19-2)13-6-4-11(8-14(13)17)12-5-7-16(20-3)15(18)9-12/h4-10,19H,1-3H3. The molecule has 4 heteroatoms. The van der Waals surface area contributed by atoms with E-state index in [9.17, 15) is 0 Å². The number of benzene rings is 2. The summed E-state index contributed by atoms with van der Waals surface area (Å²) < 4.78 is 5.16. The highest BCUT2D eigenvalue weighted by Gasteiger charge is 2.10. The van der Waals surface area contributed by atoms with Crippen LogP contribution in [0, 0.1) is 0 Å². The van der Waals surface area contributed by atoms with Crippen molar-refractivity contribution < 1.29 is 4.74 Å². The molecule has 106 valence electrons.